The van der Waals surface area contributed by atoms with E-state index in [1.54, 1.807) is 23.1 Å². The Morgan fingerprint density at radius 3 is 2.59 bits per heavy atom. The van der Waals surface area contributed by atoms with Crippen LogP contribution in [0.5, 0.6) is 0 Å². The number of rotatable bonds is 4. The van der Waals surface area contributed by atoms with Gasteiger partial charge in [-0.2, -0.15) is 8.42 Å². The molecule has 32 heavy (non-hydrogen) atoms. The molecule has 8 nitrogen and oxygen atoms in total. The molecule has 1 amide bonds. The highest BCUT2D eigenvalue weighted by atomic mass is 32.2. The van der Waals surface area contributed by atoms with Gasteiger partial charge in [-0.3, -0.25) is 4.79 Å². The third-order valence-corrected chi connectivity index (χ3v) is 8.65. The first-order valence-electron chi connectivity index (χ1n) is 10.1. The number of carbonyl (C=O) groups is 1. The predicted molar refractivity (Wildman–Crippen MR) is 122 cm³/mol. The fourth-order valence-electron chi connectivity index (χ4n) is 4.34. The van der Waals surface area contributed by atoms with Crippen LogP contribution in [0.4, 0.5) is 5.69 Å². The van der Waals surface area contributed by atoms with Crippen molar-refractivity contribution in [2.75, 3.05) is 17.7 Å². The SMILES string of the molecule is O=C1C(C2=NS(=O)(=O)c3ccccc3N2)C(O)=C2C(CO)CSC2N1Cc1ccccc1. The van der Waals surface area contributed by atoms with E-state index in [0.717, 1.165) is 5.56 Å². The smallest absolute Gasteiger partial charge is 0.286 e. The van der Waals surface area contributed by atoms with E-state index in [0.29, 0.717) is 23.6 Å². The molecule has 3 unspecified atom stereocenters. The number of nitrogens with one attached hydrogen (secondary N) is 1. The minimum atomic E-state index is -4.04. The Kier molecular flexibility index (Phi) is 5.23. The van der Waals surface area contributed by atoms with Crippen molar-refractivity contribution in [2.24, 2.45) is 16.2 Å². The molecule has 1 fully saturated rings. The summed E-state index contributed by atoms with van der Waals surface area (Å²) in [6, 6.07) is 15.7. The molecule has 3 aliphatic heterocycles. The summed E-state index contributed by atoms with van der Waals surface area (Å²) in [6.45, 7) is 0.114. The Morgan fingerprint density at radius 1 is 1.12 bits per heavy atom. The lowest BCUT2D eigenvalue weighted by atomic mass is 9.88. The van der Waals surface area contributed by atoms with Gasteiger partial charge in [0.05, 0.1) is 12.3 Å². The topological polar surface area (TPSA) is 119 Å². The fourth-order valence-corrected chi connectivity index (χ4v) is 7.05. The maximum absolute atomic E-state index is 13.6. The fraction of sp³-hybridized carbons (Fsp3) is 0.273. The van der Waals surface area contributed by atoms with Crippen molar-refractivity contribution < 1.29 is 23.4 Å². The molecule has 0 radical (unpaired) electrons. The number of nitrogens with zero attached hydrogens (tertiary/aromatic N) is 2. The maximum Gasteiger partial charge on any atom is 0.286 e. The molecule has 5 rings (SSSR count). The van der Waals surface area contributed by atoms with E-state index in [1.165, 1.54) is 17.8 Å². The minimum absolute atomic E-state index is 0.0165. The molecule has 166 valence electrons. The Hall–Kier alpha value is -2.82. The molecule has 1 saturated heterocycles. The van der Waals surface area contributed by atoms with E-state index in [4.69, 9.17) is 0 Å². The van der Waals surface area contributed by atoms with Crippen molar-refractivity contribution in [1.29, 1.82) is 0 Å². The average molecular weight is 472 g/mol. The van der Waals surface area contributed by atoms with Crippen molar-refractivity contribution >= 4 is 39.2 Å². The quantitative estimate of drug-likeness (QED) is 0.626. The standard InChI is InChI=1S/C22H21N3O5S2/c26-11-14-12-31-22-17(14)19(27)18(21(28)25(22)10-13-6-2-1-3-7-13)20-23-15-8-4-5-9-16(15)32(29,30)24-20/h1-9,14,18,22,26-27H,10-12H2,(H,23,24). The Labute approximate surface area is 189 Å². The van der Waals surface area contributed by atoms with Gasteiger partial charge in [0.15, 0.2) is 5.92 Å². The molecule has 0 saturated carbocycles. The lowest BCUT2D eigenvalue weighted by Gasteiger charge is -2.39. The number of benzene rings is 2. The number of para-hydroxylation sites is 1. The highest BCUT2D eigenvalue weighted by Gasteiger charge is 2.50. The summed E-state index contributed by atoms with van der Waals surface area (Å²) in [6.07, 6.45) is 0. The summed E-state index contributed by atoms with van der Waals surface area (Å²) >= 11 is 1.48. The van der Waals surface area contributed by atoms with Gasteiger partial charge >= 0.3 is 0 Å². The summed E-state index contributed by atoms with van der Waals surface area (Å²) in [7, 11) is -4.04. The number of fused-ring (bicyclic) bond motifs is 2. The van der Waals surface area contributed by atoms with Crippen LogP contribution in [0.15, 0.2) is 75.2 Å². The molecule has 0 aromatic heterocycles. The summed E-state index contributed by atoms with van der Waals surface area (Å²) in [5, 5.41) is 23.5. The van der Waals surface area contributed by atoms with E-state index in [-0.39, 0.29) is 29.0 Å². The number of amides is 1. The second kappa shape index (κ2) is 7.95. The van der Waals surface area contributed by atoms with E-state index in [2.05, 4.69) is 9.71 Å². The number of carbonyl (C=O) groups excluding carboxylic acids is 1. The first-order chi connectivity index (χ1) is 15.4. The summed E-state index contributed by atoms with van der Waals surface area (Å²) in [5.74, 6) is -1.87. The van der Waals surface area contributed by atoms with Gasteiger partial charge in [-0.05, 0) is 17.7 Å². The molecule has 2 aromatic rings. The lowest BCUT2D eigenvalue weighted by Crippen LogP contribution is -2.51. The molecular formula is C22H21N3O5S2. The zero-order chi connectivity index (χ0) is 22.5. The minimum Gasteiger partial charge on any atom is -0.511 e. The molecule has 0 bridgehead atoms. The lowest BCUT2D eigenvalue weighted by molar-refractivity contribution is -0.135. The third-order valence-electron chi connectivity index (χ3n) is 5.88. The number of sulfonamides is 1. The number of hydrogen-bond acceptors (Lipinski definition) is 7. The Morgan fingerprint density at radius 2 is 1.84 bits per heavy atom. The van der Waals surface area contributed by atoms with Crippen LogP contribution in [-0.4, -0.2) is 53.0 Å². The van der Waals surface area contributed by atoms with Crippen LogP contribution in [0.1, 0.15) is 5.56 Å². The molecule has 3 aliphatic rings. The molecule has 2 aromatic carbocycles. The van der Waals surface area contributed by atoms with Crippen molar-refractivity contribution in [3.63, 3.8) is 0 Å². The number of aliphatic hydroxyl groups excluding tert-OH is 2. The number of amidine groups is 1. The molecular weight excluding hydrogens is 450 g/mol. The maximum atomic E-state index is 13.6. The van der Waals surface area contributed by atoms with Crippen molar-refractivity contribution in [3.05, 3.63) is 71.5 Å². The van der Waals surface area contributed by atoms with Crippen LogP contribution in [0.2, 0.25) is 0 Å². The van der Waals surface area contributed by atoms with E-state index < -0.39 is 27.2 Å². The van der Waals surface area contributed by atoms with Gasteiger partial charge < -0.3 is 20.4 Å². The number of hydrogen-bond donors (Lipinski definition) is 3. The number of anilines is 1. The molecule has 3 atom stereocenters. The van der Waals surface area contributed by atoms with E-state index in [9.17, 15) is 23.4 Å². The van der Waals surface area contributed by atoms with Gasteiger partial charge in [0.1, 0.15) is 21.9 Å². The predicted octanol–water partition coefficient (Wildman–Crippen LogP) is 2.35. The summed E-state index contributed by atoms with van der Waals surface area (Å²) < 4.78 is 29.4. The van der Waals surface area contributed by atoms with Crippen LogP contribution in [0.25, 0.3) is 0 Å². The Balaban J connectivity index is 1.61. The molecule has 3 N–H and O–H groups in total. The normalized spacial score (nSPS) is 26.3. The second-order valence-electron chi connectivity index (χ2n) is 7.86. The highest BCUT2D eigenvalue weighted by molar-refractivity contribution is 8.00. The largest absolute Gasteiger partial charge is 0.511 e. The van der Waals surface area contributed by atoms with Crippen LogP contribution < -0.4 is 5.32 Å². The molecule has 0 spiro atoms. The van der Waals surface area contributed by atoms with Crippen molar-refractivity contribution in [2.45, 2.75) is 16.8 Å². The van der Waals surface area contributed by atoms with Crippen molar-refractivity contribution in [3.8, 4) is 0 Å². The van der Waals surface area contributed by atoms with E-state index in [1.807, 2.05) is 30.3 Å². The van der Waals surface area contributed by atoms with Crippen LogP contribution in [0.3, 0.4) is 0 Å². The number of thioether (sulfide) groups is 1. The van der Waals surface area contributed by atoms with Gasteiger partial charge in [-0.15, -0.1) is 16.2 Å². The van der Waals surface area contributed by atoms with Gasteiger partial charge in [0, 0.05) is 23.8 Å². The second-order valence-corrected chi connectivity index (χ2v) is 10.5. The summed E-state index contributed by atoms with van der Waals surface area (Å²) in [5.41, 5.74) is 1.77. The van der Waals surface area contributed by atoms with Gasteiger partial charge in [0.25, 0.3) is 10.0 Å². The average Bonchev–Trinajstić information content (AvgIpc) is 3.21. The van der Waals surface area contributed by atoms with Crippen LogP contribution >= 0.6 is 11.8 Å². The van der Waals surface area contributed by atoms with Crippen LogP contribution in [-0.2, 0) is 21.4 Å². The van der Waals surface area contributed by atoms with Gasteiger partial charge in [-0.25, -0.2) is 0 Å². The molecule has 10 heteroatoms. The monoisotopic (exact) mass is 471 g/mol. The zero-order valence-corrected chi connectivity index (χ0v) is 18.5. The third kappa shape index (κ3) is 3.39. The first-order valence-corrected chi connectivity index (χ1v) is 12.6. The van der Waals surface area contributed by atoms with E-state index >= 15 is 0 Å². The number of aliphatic hydroxyl groups is 2. The Bertz CT molecular complexity index is 1240. The molecule has 3 heterocycles. The zero-order valence-electron chi connectivity index (χ0n) is 16.9. The summed E-state index contributed by atoms with van der Waals surface area (Å²) in [4.78, 5) is 15.3. The highest BCUT2D eigenvalue weighted by Crippen LogP contribution is 2.46. The molecule has 0 aliphatic carbocycles. The van der Waals surface area contributed by atoms with Gasteiger partial charge in [-0.1, -0.05) is 42.5 Å². The first kappa shape index (κ1) is 21.0. The van der Waals surface area contributed by atoms with Crippen LogP contribution in [0, 0.1) is 11.8 Å². The van der Waals surface area contributed by atoms with Crippen molar-refractivity contribution in [1.82, 2.24) is 4.90 Å². The van der Waals surface area contributed by atoms with Gasteiger partial charge in [0.2, 0.25) is 5.91 Å².